The number of nitrogens with zero attached hydrogens (tertiary/aromatic N) is 1. The number of aliphatic carboxylic acids is 1. The Labute approximate surface area is 103 Å². The average molecular weight is 254 g/mol. The molecule has 0 saturated carbocycles. The second-order valence-corrected chi connectivity index (χ2v) is 4.82. The molecule has 92 valence electrons. The van der Waals surface area contributed by atoms with E-state index < -0.39 is 5.97 Å². The van der Waals surface area contributed by atoms with Crippen molar-refractivity contribution in [1.82, 2.24) is 4.98 Å². The van der Waals surface area contributed by atoms with Gasteiger partial charge in [-0.15, -0.1) is 11.3 Å². The minimum atomic E-state index is -0.971. The number of hydrogen-bond acceptors (Lipinski definition) is 5. The summed E-state index contributed by atoms with van der Waals surface area (Å²) in [5.41, 5.74) is 6.16. The van der Waals surface area contributed by atoms with Crippen LogP contribution in [0.5, 0.6) is 0 Å². The van der Waals surface area contributed by atoms with Crippen molar-refractivity contribution < 1.29 is 14.6 Å². The van der Waals surface area contributed by atoms with Crippen LogP contribution in [0.15, 0.2) is 11.5 Å². The molecule has 0 spiro atoms. The highest BCUT2D eigenvalue weighted by molar-refractivity contribution is 7.13. The number of anilines is 1. The molecule has 17 heavy (non-hydrogen) atoms. The minimum Gasteiger partial charge on any atom is -0.478 e. The van der Waals surface area contributed by atoms with Gasteiger partial charge in [-0.2, -0.15) is 0 Å². The largest absolute Gasteiger partial charge is 0.478 e. The molecule has 1 atom stereocenters. The first-order valence-electron chi connectivity index (χ1n) is 5.41. The first-order chi connectivity index (χ1) is 8.16. The molecule has 3 N–H and O–H groups in total. The maximum Gasteiger partial charge on any atom is 0.337 e. The first-order valence-corrected chi connectivity index (χ1v) is 6.29. The van der Waals surface area contributed by atoms with Gasteiger partial charge in [-0.05, 0) is 12.8 Å². The molecule has 1 aliphatic rings. The van der Waals surface area contributed by atoms with Crippen LogP contribution in [0.25, 0.3) is 5.57 Å². The van der Waals surface area contributed by atoms with Gasteiger partial charge in [0, 0.05) is 17.9 Å². The zero-order valence-electron chi connectivity index (χ0n) is 9.26. The summed E-state index contributed by atoms with van der Waals surface area (Å²) in [6, 6.07) is 0. The molecule has 5 nitrogen and oxygen atoms in total. The maximum absolute atomic E-state index is 11.2. The predicted octanol–water partition coefficient (Wildman–Crippen LogP) is 1.62. The minimum absolute atomic E-state index is 0.151. The van der Waals surface area contributed by atoms with Gasteiger partial charge in [0.15, 0.2) is 5.13 Å². The molecule has 1 unspecified atom stereocenters. The van der Waals surface area contributed by atoms with E-state index in [-0.39, 0.29) is 11.5 Å². The van der Waals surface area contributed by atoms with Crippen molar-refractivity contribution in [1.29, 1.82) is 0 Å². The lowest BCUT2D eigenvalue weighted by molar-refractivity contribution is -0.130. The number of ether oxygens (including phenoxy) is 1. The SMILES string of the molecule is Nc1nc(C(=CC2CCCOC2)C(=O)O)cs1. The highest BCUT2D eigenvalue weighted by atomic mass is 32.1. The number of nitrogen functional groups attached to an aromatic ring is 1. The van der Waals surface area contributed by atoms with Crippen molar-refractivity contribution >= 4 is 28.0 Å². The normalized spacial score (nSPS) is 21.4. The highest BCUT2D eigenvalue weighted by Crippen LogP contribution is 2.24. The van der Waals surface area contributed by atoms with Gasteiger partial charge in [0.1, 0.15) is 0 Å². The van der Waals surface area contributed by atoms with Gasteiger partial charge in [-0.25, -0.2) is 9.78 Å². The van der Waals surface area contributed by atoms with Crippen LogP contribution in [0, 0.1) is 5.92 Å². The van der Waals surface area contributed by atoms with Crippen LogP contribution in [0.2, 0.25) is 0 Å². The number of hydrogen-bond donors (Lipinski definition) is 2. The number of aromatic nitrogens is 1. The highest BCUT2D eigenvalue weighted by Gasteiger charge is 2.18. The Balaban J connectivity index is 2.22. The van der Waals surface area contributed by atoms with E-state index in [4.69, 9.17) is 10.5 Å². The quantitative estimate of drug-likeness (QED) is 0.800. The van der Waals surface area contributed by atoms with Crippen molar-refractivity contribution in [3.8, 4) is 0 Å². The van der Waals surface area contributed by atoms with Crippen LogP contribution in [0.3, 0.4) is 0 Å². The molecule has 0 aliphatic carbocycles. The second kappa shape index (κ2) is 5.29. The maximum atomic E-state index is 11.2. The lowest BCUT2D eigenvalue weighted by Crippen LogP contribution is -2.16. The molecule has 1 aromatic rings. The standard InChI is InChI=1S/C11H14N2O3S/c12-11-13-9(6-17-11)8(10(14)15)4-7-2-1-3-16-5-7/h4,6-7H,1-3,5H2,(H2,12,13)(H,14,15). The van der Waals surface area contributed by atoms with E-state index >= 15 is 0 Å². The average Bonchev–Trinajstić information content (AvgIpc) is 2.73. The molecule has 0 radical (unpaired) electrons. The zero-order chi connectivity index (χ0) is 12.3. The summed E-state index contributed by atoms with van der Waals surface area (Å²) in [6.07, 6.45) is 3.65. The Morgan fingerprint density at radius 2 is 2.53 bits per heavy atom. The van der Waals surface area contributed by atoms with Crippen LogP contribution in [-0.2, 0) is 9.53 Å². The zero-order valence-corrected chi connectivity index (χ0v) is 10.1. The van der Waals surface area contributed by atoms with Crippen molar-refractivity contribution in [3.63, 3.8) is 0 Å². The monoisotopic (exact) mass is 254 g/mol. The Bertz CT molecular complexity index is 436. The molecule has 1 saturated heterocycles. The summed E-state index contributed by atoms with van der Waals surface area (Å²) in [5.74, 6) is -0.821. The summed E-state index contributed by atoms with van der Waals surface area (Å²) in [5, 5.41) is 11.2. The van der Waals surface area contributed by atoms with E-state index in [0.29, 0.717) is 17.4 Å². The number of carbonyl (C=O) groups is 1. The fourth-order valence-corrected chi connectivity index (χ4v) is 2.37. The third kappa shape index (κ3) is 3.04. The van der Waals surface area contributed by atoms with Gasteiger partial charge < -0.3 is 15.6 Å². The van der Waals surface area contributed by atoms with Crippen LogP contribution in [0.1, 0.15) is 18.5 Å². The summed E-state index contributed by atoms with van der Waals surface area (Å²) >= 11 is 1.24. The number of carboxylic acid groups (broad SMARTS) is 1. The number of rotatable bonds is 3. The fraction of sp³-hybridized carbons (Fsp3) is 0.455. The van der Waals surface area contributed by atoms with Gasteiger partial charge in [0.05, 0.1) is 17.9 Å². The number of carboxylic acids is 1. The van der Waals surface area contributed by atoms with Crippen LogP contribution < -0.4 is 5.73 Å². The smallest absolute Gasteiger partial charge is 0.337 e. The third-order valence-electron chi connectivity index (χ3n) is 2.63. The number of thiazole rings is 1. The van der Waals surface area contributed by atoms with E-state index in [9.17, 15) is 9.90 Å². The van der Waals surface area contributed by atoms with Crippen molar-refractivity contribution in [3.05, 3.63) is 17.2 Å². The summed E-state index contributed by atoms with van der Waals surface area (Å²) in [6.45, 7) is 1.34. The van der Waals surface area contributed by atoms with E-state index in [0.717, 1.165) is 19.4 Å². The summed E-state index contributed by atoms with van der Waals surface area (Å²) in [4.78, 5) is 15.2. The van der Waals surface area contributed by atoms with Crippen molar-refractivity contribution in [2.24, 2.45) is 5.92 Å². The lowest BCUT2D eigenvalue weighted by atomic mass is 9.98. The molecular formula is C11H14N2O3S. The van der Waals surface area contributed by atoms with Crippen molar-refractivity contribution in [2.45, 2.75) is 12.8 Å². The molecule has 1 fully saturated rings. The summed E-state index contributed by atoms with van der Waals surface area (Å²) < 4.78 is 5.32. The summed E-state index contributed by atoms with van der Waals surface area (Å²) in [7, 11) is 0. The molecule has 6 heteroatoms. The van der Waals surface area contributed by atoms with Gasteiger partial charge >= 0.3 is 5.97 Å². The molecule has 2 rings (SSSR count). The van der Waals surface area contributed by atoms with Gasteiger partial charge in [0.2, 0.25) is 0 Å². The van der Waals surface area contributed by atoms with Crippen molar-refractivity contribution in [2.75, 3.05) is 18.9 Å². The fourth-order valence-electron chi connectivity index (χ4n) is 1.81. The molecule has 0 amide bonds. The molecule has 1 aromatic heterocycles. The van der Waals surface area contributed by atoms with E-state index in [2.05, 4.69) is 4.98 Å². The Morgan fingerprint density at radius 3 is 3.06 bits per heavy atom. The van der Waals surface area contributed by atoms with Gasteiger partial charge in [-0.1, -0.05) is 6.08 Å². The van der Waals surface area contributed by atoms with Crippen LogP contribution in [-0.4, -0.2) is 29.3 Å². The molecular weight excluding hydrogens is 240 g/mol. The Kier molecular flexibility index (Phi) is 3.75. The number of nitrogens with two attached hydrogens (primary N) is 1. The topological polar surface area (TPSA) is 85.4 Å². The van der Waals surface area contributed by atoms with E-state index in [1.54, 1.807) is 11.5 Å². The van der Waals surface area contributed by atoms with Gasteiger partial charge in [0.25, 0.3) is 0 Å². The Hall–Kier alpha value is -1.40. The van der Waals surface area contributed by atoms with E-state index in [1.807, 2.05) is 0 Å². The lowest BCUT2D eigenvalue weighted by Gasteiger charge is -2.19. The molecule has 1 aliphatic heterocycles. The second-order valence-electron chi connectivity index (χ2n) is 3.93. The van der Waals surface area contributed by atoms with Gasteiger partial charge in [-0.3, -0.25) is 0 Å². The molecule has 0 bridgehead atoms. The Morgan fingerprint density at radius 1 is 1.71 bits per heavy atom. The predicted molar refractivity (Wildman–Crippen MR) is 65.7 cm³/mol. The third-order valence-corrected chi connectivity index (χ3v) is 3.30. The van der Waals surface area contributed by atoms with Crippen LogP contribution in [0.4, 0.5) is 5.13 Å². The molecule has 0 aromatic carbocycles. The van der Waals surface area contributed by atoms with Crippen LogP contribution >= 0.6 is 11.3 Å². The van der Waals surface area contributed by atoms with E-state index in [1.165, 1.54) is 11.3 Å². The molecule has 2 heterocycles. The first kappa shape index (κ1) is 12.1.